The molecule has 0 atom stereocenters. The zero-order chi connectivity index (χ0) is 22.4. The number of aromatic nitrogens is 5. The minimum absolute atomic E-state index is 0.0271. The molecular weight excluding hydrogens is 426 g/mol. The number of aryl methyl sites for hydroxylation is 2. The molecular formula is C23H22F2N8. The lowest BCUT2D eigenvalue weighted by atomic mass is 10.1. The molecule has 168 valence electrons. The van der Waals surface area contributed by atoms with Crippen molar-refractivity contribution in [2.24, 2.45) is 0 Å². The third-order valence-electron chi connectivity index (χ3n) is 6.16. The van der Waals surface area contributed by atoms with Crippen LogP contribution < -0.4 is 15.5 Å². The Morgan fingerprint density at radius 3 is 2.64 bits per heavy atom. The molecule has 0 bridgehead atoms. The summed E-state index contributed by atoms with van der Waals surface area (Å²) in [5.41, 5.74) is 2.39. The predicted octanol–water partition coefficient (Wildman–Crippen LogP) is 3.27. The Balaban J connectivity index is 1.29. The normalized spacial score (nSPS) is 15.8. The number of halogens is 2. The van der Waals surface area contributed by atoms with Gasteiger partial charge in [0.25, 0.3) is 0 Å². The predicted molar refractivity (Wildman–Crippen MR) is 122 cm³/mol. The molecule has 0 amide bonds. The molecule has 2 aliphatic rings. The fourth-order valence-corrected chi connectivity index (χ4v) is 4.52. The quantitative estimate of drug-likeness (QED) is 0.496. The van der Waals surface area contributed by atoms with Gasteiger partial charge in [-0.2, -0.15) is 0 Å². The number of nitrogens with zero attached hydrogens (tertiary/aromatic N) is 6. The van der Waals surface area contributed by atoms with Gasteiger partial charge in [-0.05, 0) is 30.7 Å². The zero-order valence-corrected chi connectivity index (χ0v) is 17.9. The average Bonchev–Trinajstić information content (AvgIpc) is 3.44. The molecule has 2 N–H and O–H groups in total. The Labute approximate surface area is 188 Å². The molecule has 0 radical (unpaired) electrons. The van der Waals surface area contributed by atoms with Gasteiger partial charge in [0.2, 0.25) is 5.95 Å². The third kappa shape index (κ3) is 3.66. The molecule has 1 aromatic carbocycles. The van der Waals surface area contributed by atoms with Crippen molar-refractivity contribution in [2.45, 2.75) is 19.4 Å². The van der Waals surface area contributed by atoms with E-state index in [1.165, 1.54) is 6.07 Å². The molecule has 3 aromatic heterocycles. The smallest absolute Gasteiger partial charge is 0.229 e. The van der Waals surface area contributed by atoms with E-state index in [1.807, 2.05) is 16.7 Å². The maximum atomic E-state index is 14.8. The maximum absolute atomic E-state index is 14.8. The average molecular weight is 448 g/mol. The van der Waals surface area contributed by atoms with Crippen LogP contribution in [0, 0.1) is 11.6 Å². The van der Waals surface area contributed by atoms with Gasteiger partial charge in [-0.15, -0.1) is 0 Å². The van der Waals surface area contributed by atoms with Crippen molar-refractivity contribution in [1.29, 1.82) is 0 Å². The molecule has 4 aromatic rings. The van der Waals surface area contributed by atoms with E-state index < -0.39 is 11.6 Å². The van der Waals surface area contributed by atoms with Crippen LogP contribution in [0.5, 0.6) is 0 Å². The molecule has 10 heteroatoms. The van der Waals surface area contributed by atoms with Crippen molar-refractivity contribution in [3.05, 3.63) is 54.1 Å². The van der Waals surface area contributed by atoms with E-state index in [0.29, 0.717) is 22.4 Å². The summed E-state index contributed by atoms with van der Waals surface area (Å²) in [7, 11) is 0. The van der Waals surface area contributed by atoms with Crippen LogP contribution in [0.3, 0.4) is 0 Å². The Hall–Kier alpha value is -3.66. The van der Waals surface area contributed by atoms with Gasteiger partial charge in [0.1, 0.15) is 22.9 Å². The minimum atomic E-state index is -0.623. The van der Waals surface area contributed by atoms with Crippen molar-refractivity contribution in [3.63, 3.8) is 0 Å². The fourth-order valence-electron chi connectivity index (χ4n) is 4.52. The third-order valence-corrected chi connectivity index (χ3v) is 6.16. The first-order chi connectivity index (χ1) is 16.2. The topological polar surface area (TPSA) is 83.8 Å². The highest BCUT2D eigenvalue weighted by atomic mass is 19.1. The molecule has 0 spiro atoms. The zero-order valence-electron chi connectivity index (χ0n) is 17.9. The molecule has 6 rings (SSSR count). The van der Waals surface area contributed by atoms with E-state index >= 15 is 0 Å². The Kier molecular flexibility index (Phi) is 4.87. The Morgan fingerprint density at radius 2 is 1.82 bits per heavy atom. The molecule has 1 saturated heterocycles. The van der Waals surface area contributed by atoms with Crippen LogP contribution in [0.2, 0.25) is 0 Å². The number of benzene rings is 1. The number of imidazole rings is 1. The van der Waals surface area contributed by atoms with Crippen LogP contribution in [0.4, 0.5) is 26.2 Å². The molecule has 8 nitrogen and oxygen atoms in total. The van der Waals surface area contributed by atoms with Gasteiger partial charge in [-0.1, -0.05) is 0 Å². The summed E-state index contributed by atoms with van der Waals surface area (Å²) >= 11 is 0. The van der Waals surface area contributed by atoms with Crippen LogP contribution in [0.1, 0.15) is 12.2 Å². The lowest BCUT2D eigenvalue weighted by Gasteiger charge is -2.29. The van der Waals surface area contributed by atoms with Crippen LogP contribution >= 0.6 is 0 Å². The number of hydrogen-bond donors (Lipinski definition) is 2. The Morgan fingerprint density at radius 1 is 0.939 bits per heavy atom. The fraction of sp³-hybridized carbons (Fsp3) is 0.304. The van der Waals surface area contributed by atoms with Crippen molar-refractivity contribution in [2.75, 3.05) is 36.4 Å². The highest BCUT2D eigenvalue weighted by molar-refractivity contribution is 5.83. The first-order valence-electron chi connectivity index (χ1n) is 11.1. The first-order valence-corrected chi connectivity index (χ1v) is 11.1. The number of hydrogen-bond acceptors (Lipinski definition) is 7. The van der Waals surface area contributed by atoms with Gasteiger partial charge in [-0.3, -0.25) is 0 Å². The number of nitrogens with one attached hydrogen (secondary N) is 2. The molecule has 5 heterocycles. The van der Waals surface area contributed by atoms with Crippen molar-refractivity contribution in [1.82, 2.24) is 29.8 Å². The summed E-state index contributed by atoms with van der Waals surface area (Å²) in [6.45, 7) is 4.53. The second-order valence-corrected chi connectivity index (χ2v) is 8.26. The Bertz CT molecular complexity index is 1330. The van der Waals surface area contributed by atoms with Gasteiger partial charge in [-0.25, -0.2) is 28.7 Å². The monoisotopic (exact) mass is 448 g/mol. The standard InChI is InChI=1S/C23H22F2N8/c24-16-10-14(11-18-22(16)30-20-2-1-7-33(18)20)21-17(25)13-28-23(31-21)29-19-4-3-15(12-27-19)32-8-5-26-6-9-32/h3-4,10-13,26H,1-2,5-9H2,(H,27,28,29,31). The summed E-state index contributed by atoms with van der Waals surface area (Å²) in [5, 5.41) is 6.34. The van der Waals surface area contributed by atoms with Crippen LogP contribution in [0.25, 0.3) is 22.3 Å². The van der Waals surface area contributed by atoms with Crippen molar-refractivity contribution >= 4 is 28.5 Å². The van der Waals surface area contributed by atoms with Crippen LogP contribution in [-0.2, 0) is 13.0 Å². The van der Waals surface area contributed by atoms with Crippen LogP contribution in [-0.4, -0.2) is 50.7 Å². The summed E-state index contributed by atoms with van der Waals surface area (Å²) < 4.78 is 31.4. The van der Waals surface area contributed by atoms with E-state index in [9.17, 15) is 8.78 Å². The van der Waals surface area contributed by atoms with Gasteiger partial charge >= 0.3 is 0 Å². The van der Waals surface area contributed by atoms with E-state index in [1.54, 1.807) is 12.3 Å². The summed E-state index contributed by atoms with van der Waals surface area (Å²) in [6, 6.07) is 6.84. The molecule has 33 heavy (non-hydrogen) atoms. The summed E-state index contributed by atoms with van der Waals surface area (Å²) in [5.74, 6) is 0.487. The molecule has 0 aliphatic carbocycles. The van der Waals surface area contributed by atoms with Crippen LogP contribution in [0.15, 0.2) is 36.7 Å². The number of rotatable bonds is 4. The van der Waals surface area contributed by atoms with Gasteiger partial charge in [0.05, 0.1) is 23.6 Å². The number of piperazine rings is 1. The van der Waals surface area contributed by atoms with Crippen molar-refractivity contribution < 1.29 is 8.78 Å². The summed E-state index contributed by atoms with van der Waals surface area (Å²) in [6.07, 6.45) is 4.67. The van der Waals surface area contributed by atoms with E-state index in [0.717, 1.165) is 63.3 Å². The van der Waals surface area contributed by atoms with Gasteiger partial charge in [0, 0.05) is 44.7 Å². The second-order valence-electron chi connectivity index (χ2n) is 8.26. The molecule has 1 fully saturated rings. The SMILES string of the molecule is Fc1cnc(Nc2ccc(N3CCNCC3)cn2)nc1-c1cc(F)c2nc3n(c2c1)CCC3. The molecule has 2 aliphatic heterocycles. The van der Waals surface area contributed by atoms with Gasteiger partial charge < -0.3 is 20.1 Å². The number of fused-ring (bicyclic) bond motifs is 3. The highest BCUT2D eigenvalue weighted by Crippen LogP contribution is 2.31. The highest BCUT2D eigenvalue weighted by Gasteiger charge is 2.21. The van der Waals surface area contributed by atoms with E-state index in [4.69, 9.17) is 0 Å². The minimum Gasteiger partial charge on any atom is -0.368 e. The second kappa shape index (κ2) is 8.04. The van der Waals surface area contributed by atoms with E-state index in [2.05, 4.69) is 35.5 Å². The van der Waals surface area contributed by atoms with Crippen molar-refractivity contribution in [3.8, 4) is 11.3 Å². The first kappa shape index (κ1) is 20.0. The largest absolute Gasteiger partial charge is 0.368 e. The molecule has 0 saturated carbocycles. The summed E-state index contributed by atoms with van der Waals surface area (Å²) in [4.78, 5) is 19.5. The lowest BCUT2D eigenvalue weighted by Crippen LogP contribution is -2.43. The maximum Gasteiger partial charge on any atom is 0.229 e. The van der Waals surface area contributed by atoms with E-state index in [-0.39, 0.29) is 11.6 Å². The van der Waals surface area contributed by atoms with Gasteiger partial charge in [0.15, 0.2) is 11.6 Å². The lowest BCUT2D eigenvalue weighted by molar-refractivity contribution is 0.589. The number of pyridine rings is 1. The number of anilines is 3. The molecule has 0 unspecified atom stereocenters.